The van der Waals surface area contributed by atoms with Crippen molar-refractivity contribution in [1.29, 1.82) is 0 Å². The Kier molecular flexibility index (Phi) is 5.84. The monoisotopic (exact) mass is 445 g/mol. The third-order valence-corrected chi connectivity index (χ3v) is 5.82. The Morgan fingerprint density at radius 3 is 2.32 bits per heavy atom. The summed E-state index contributed by atoms with van der Waals surface area (Å²) in [6.07, 6.45) is 1.60. The topological polar surface area (TPSA) is 86.0 Å². The number of aliphatic carboxylic acids is 2. The maximum Gasteiger partial charge on any atom is 0.325 e. The van der Waals surface area contributed by atoms with Crippen LogP contribution < -0.4 is 4.90 Å². The van der Waals surface area contributed by atoms with Gasteiger partial charge in [0.15, 0.2) is 0 Å². The highest BCUT2D eigenvalue weighted by molar-refractivity contribution is 6.31. The van der Waals surface area contributed by atoms with E-state index in [-0.39, 0.29) is 12.4 Å². The smallest absolute Gasteiger partial charge is 0.325 e. The number of rotatable bonds is 6. The molecule has 1 unspecified atom stereocenters. The normalized spacial score (nSPS) is 15.9. The first-order valence-electron chi connectivity index (χ1n) is 9.81. The Labute approximate surface area is 182 Å². The van der Waals surface area contributed by atoms with Gasteiger partial charge in [0.05, 0.1) is 5.52 Å². The summed E-state index contributed by atoms with van der Waals surface area (Å²) in [5.74, 6) is -2.33. The van der Waals surface area contributed by atoms with Crippen molar-refractivity contribution in [3.8, 4) is 0 Å². The zero-order chi connectivity index (χ0) is 22.1. The van der Waals surface area contributed by atoms with E-state index in [1.54, 1.807) is 36.5 Å². The Bertz CT molecular complexity index is 1120. The summed E-state index contributed by atoms with van der Waals surface area (Å²) >= 11 is 6.09. The molecule has 0 saturated carbocycles. The minimum Gasteiger partial charge on any atom is -0.480 e. The maximum atomic E-state index is 13.2. The van der Waals surface area contributed by atoms with E-state index in [0.717, 1.165) is 5.69 Å². The summed E-state index contributed by atoms with van der Waals surface area (Å²) in [5.41, 5.74) is 2.01. The van der Waals surface area contributed by atoms with Gasteiger partial charge in [-0.05, 0) is 36.4 Å². The van der Waals surface area contributed by atoms with Gasteiger partial charge in [-0.1, -0.05) is 17.7 Å². The molecule has 1 saturated heterocycles. The molecule has 2 N–H and O–H groups in total. The summed E-state index contributed by atoms with van der Waals surface area (Å²) in [6.45, 7) is 1.88. The van der Waals surface area contributed by atoms with Crippen LogP contribution in [0, 0.1) is 5.82 Å². The Hall–Kier alpha value is -3.10. The number of fused-ring (bicyclic) bond motifs is 1. The molecule has 31 heavy (non-hydrogen) atoms. The molecule has 1 aromatic heterocycles. The van der Waals surface area contributed by atoms with Crippen molar-refractivity contribution in [2.45, 2.75) is 12.6 Å². The molecule has 0 bridgehead atoms. The van der Waals surface area contributed by atoms with Crippen LogP contribution in [-0.2, 0) is 16.1 Å². The van der Waals surface area contributed by atoms with Crippen molar-refractivity contribution in [1.82, 2.24) is 9.47 Å². The lowest BCUT2D eigenvalue weighted by Crippen LogP contribution is -2.49. The fraction of sp³-hybridized carbons (Fsp3) is 0.273. The predicted molar refractivity (Wildman–Crippen MR) is 115 cm³/mol. The fourth-order valence-electron chi connectivity index (χ4n) is 4.16. The number of nitrogens with zero attached hydrogens (tertiary/aromatic N) is 3. The van der Waals surface area contributed by atoms with Crippen LogP contribution in [0.15, 0.2) is 48.7 Å². The zero-order valence-corrected chi connectivity index (χ0v) is 17.3. The molecule has 1 atom stereocenters. The Morgan fingerprint density at radius 1 is 1.03 bits per heavy atom. The van der Waals surface area contributed by atoms with Gasteiger partial charge in [-0.3, -0.25) is 14.5 Å². The Balaban J connectivity index is 1.63. The van der Waals surface area contributed by atoms with E-state index >= 15 is 0 Å². The molecule has 0 spiro atoms. The minimum atomic E-state index is -1.02. The van der Waals surface area contributed by atoms with Gasteiger partial charge < -0.3 is 19.7 Å². The lowest BCUT2D eigenvalue weighted by molar-refractivity contribution is -0.143. The quantitative estimate of drug-likeness (QED) is 0.604. The SMILES string of the molecule is O=C(O)Cn1cc(C(C(=O)O)N2CCN(c3ccc(F)cc3)CC2)c2ccc(Cl)cc21. The maximum absolute atomic E-state index is 13.2. The van der Waals surface area contributed by atoms with Crippen molar-refractivity contribution in [3.63, 3.8) is 0 Å². The number of benzene rings is 2. The van der Waals surface area contributed by atoms with Crippen molar-refractivity contribution < 1.29 is 24.2 Å². The molecule has 1 aliphatic rings. The summed E-state index contributed by atoms with van der Waals surface area (Å²) in [7, 11) is 0. The molecule has 2 aromatic carbocycles. The van der Waals surface area contributed by atoms with Crippen molar-refractivity contribution >= 4 is 40.1 Å². The fourth-order valence-corrected chi connectivity index (χ4v) is 4.33. The second kappa shape index (κ2) is 8.56. The van der Waals surface area contributed by atoms with E-state index in [1.807, 2.05) is 4.90 Å². The van der Waals surface area contributed by atoms with Gasteiger partial charge in [-0.2, -0.15) is 0 Å². The highest BCUT2D eigenvalue weighted by Gasteiger charge is 2.33. The van der Waals surface area contributed by atoms with Gasteiger partial charge in [0, 0.05) is 54.0 Å². The number of aromatic nitrogens is 1. The molecule has 4 rings (SSSR count). The summed E-state index contributed by atoms with van der Waals surface area (Å²) in [5, 5.41) is 20.4. The molecule has 7 nitrogen and oxygen atoms in total. The lowest BCUT2D eigenvalue weighted by atomic mass is 10.0. The van der Waals surface area contributed by atoms with E-state index in [1.165, 1.54) is 16.7 Å². The van der Waals surface area contributed by atoms with E-state index < -0.39 is 18.0 Å². The predicted octanol–water partition coefficient (Wildman–Crippen LogP) is 3.47. The van der Waals surface area contributed by atoms with Crippen LogP contribution in [0.4, 0.5) is 10.1 Å². The zero-order valence-electron chi connectivity index (χ0n) is 16.5. The van der Waals surface area contributed by atoms with Crippen LogP contribution in [0.2, 0.25) is 5.02 Å². The molecule has 9 heteroatoms. The largest absolute Gasteiger partial charge is 0.480 e. The van der Waals surface area contributed by atoms with Crippen molar-refractivity contribution in [2.24, 2.45) is 0 Å². The lowest BCUT2D eigenvalue weighted by Gasteiger charge is -2.38. The first-order valence-corrected chi connectivity index (χ1v) is 10.2. The van der Waals surface area contributed by atoms with E-state index in [2.05, 4.69) is 4.90 Å². The summed E-state index contributed by atoms with van der Waals surface area (Å²) in [6, 6.07) is 10.4. The minimum absolute atomic E-state index is 0.290. The van der Waals surface area contributed by atoms with Gasteiger partial charge in [0.25, 0.3) is 0 Å². The molecule has 0 amide bonds. The second-order valence-corrected chi connectivity index (χ2v) is 7.94. The van der Waals surface area contributed by atoms with Crippen molar-refractivity contribution in [3.05, 3.63) is 65.1 Å². The van der Waals surface area contributed by atoms with Gasteiger partial charge >= 0.3 is 11.9 Å². The molecular formula is C22H21ClFN3O4. The van der Waals surface area contributed by atoms with Crippen LogP contribution in [-0.4, -0.2) is 57.8 Å². The van der Waals surface area contributed by atoms with Gasteiger partial charge in [0.2, 0.25) is 0 Å². The molecule has 1 aliphatic heterocycles. The van der Waals surface area contributed by atoms with E-state index in [0.29, 0.717) is 47.7 Å². The molecule has 3 aromatic rings. The number of carboxylic acid groups (broad SMARTS) is 2. The molecule has 162 valence electrons. The number of hydrogen-bond donors (Lipinski definition) is 2. The molecule has 1 fully saturated rings. The number of piperazine rings is 1. The summed E-state index contributed by atoms with van der Waals surface area (Å²) < 4.78 is 14.7. The van der Waals surface area contributed by atoms with Crippen LogP contribution in [0.3, 0.4) is 0 Å². The van der Waals surface area contributed by atoms with Crippen LogP contribution in [0.1, 0.15) is 11.6 Å². The number of anilines is 1. The van der Waals surface area contributed by atoms with Crippen molar-refractivity contribution in [2.75, 3.05) is 31.1 Å². The van der Waals surface area contributed by atoms with Crippen LogP contribution >= 0.6 is 11.6 Å². The van der Waals surface area contributed by atoms with Gasteiger partial charge in [-0.25, -0.2) is 4.39 Å². The summed E-state index contributed by atoms with van der Waals surface area (Å²) in [4.78, 5) is 27.5. The standard InChI is InChI=1S/C22H21ClFN3O4/c23-14-1-6-17-18(12-27(13-20(28)29)19(17)11-14)21(22(30)31)26-9-7-25(8-10-26)16-4-2-15(24)3-5-16/h1-6,11-12,21H,7-10,13H2,(H,28,29)(H,30,31). The Morgan fingerprint density at radius 2 is 1.71 bits per heavy atom. The highest BCUT2D eigenvalue weighted by Crippen LogP contribution is 2.33. The van der Waals surface area contributed by atoms with E-state index in [4.69, 9.17) is 11.6 Å². The highest BCUT2D eigenvalue weighted by atomic mass is 35.5. The number of halogens is 2. The molecule has 2 heterocycles. The first kappa shape index (κ1) is 21.1. The average Bonchev–Trinajstić information content (AvgIpc) is 3.05. The van der Waals surface area contributed by atoms with E-state index in [9.17, 15) is 24.2 Å². The van der Waals surface area contributed by atoms with Gasteiger partial charge in [0.1, 0.15) is 18.4 Å². The third kappa shape index (κ3) is 4.35. The average molecular weight is 446 g/mol. The van der Waals surface area contributed by atoms with Crippen LogP contribution in [0.5, 0.6) is 0 Å². The first-order chi connectivity index (χ1) is 14.8. The molecular weight excluding hydrogens is 425 g/mol. The molecule has 0 radical (unpaired) electrons. The number of carboxylic acids is 2. The van der Waals surface area contributed by atoms with Crippen LogP contribution in [0.25, 0.3) is 10.9 Å². The number of hydrogen-bond acceptors (Lipinski definition) is 4. The number of carbonyl (C=O) groups is 2. The third-order valence-electron chi connectivity index (χ3n) is 5.58. The molecule has 0 aliphatic carbocycles. The second-order valence-electron chi connectivity index (χ2n) is 7.51. The van der Waals surface area contributed by atoms with Gasteiger partial charge in [-0.15, -0.1) is 0 Å².